The van der Waals surface area contributed by atoms with Gasteiger partial charge in [-0.15, -0.1) is 0 Å². The number of urea groups is 1. The average molecular weight is 356 g/mol. The summed E-state index contributed by atoms with van der Waals surface area (Å²) < 4.78 is 24.6. The Morgan fingerprint density at radius 1 is 1.04 bits per heavy atom. The van der Waals surface area contributed by atoms with E-state index in [0.29, 0.717) is 29.2 Å². The number of hydrogen-bond donors (Lipinski definition) is 2. The van der Waals surface area contributed by atoms with Gasteiger partial charge in [0.15, 0.2) is 11.5 Å². The zero-order valence-corrected chi connectivity index (χ0v) is 14.0. The molecule has 0 radical (unpaired) electrons. The van der Waals surface area contributed by atoms with Crippen molar-refractivity contribution in [2.24, 2.45) is 0 Å². The van der Waals surface area contributed by atoms with Gasteiger partial charge in [-0.1, -0.05) is 18.2 Å². The summed E-state index contributed by atoms with van der Waals surface area (Å²) in [5.41, 5.74) is 1.52. The van der Waals surface area contributed by atoms with Crippen LogP contribution in [0, 0.1) is 5.82 Å². The lowest BCUT2D eigenvalue weighted by atomic mass is 10.1. The normalized spacial score (nSPS) is 14.9. The number of hydrogen-bond acceptors (Lipinski definition) is 4. The second kappa shape index (κ2) is 7.69. The van der Waals surface area contributed by atoms with Gasteiger partial charge in [0.2, 0.25) is 0 Å². The third-order valence-corrected chi connectivity index (χ3v) is 3.58. The fraction of sp³-hybridized carbons (Fsp3) is 0.158. The zero-order valence-electron chi connectivity index (χ0n) is 14.0. The molecule has 26 heavy (non-hydrogen) atoms. The number of carbonyl (C=O) groups excluding carboxylic acids is 2. The van der Waals surface area contributed by atoms with Crippen LogP contribution >= 0.6 is 0 Å². The van der Waals surface area contributed by atoms with E-state index >= 15 is 0 Å². The van der Waals surface area contributed by atoms with Crippen LogP contribution in [0.1, 0.15) is 18.1 Å². The highest BCUT2D eigenvalue weighted by Crippen LogP contribution is 2.30. The fourth-order valence-electron chi connectivity index (χ4n) is 2.44. The first-order chi connectivity index (χ1) is 12.5. The molecule has 0 unspecified atom stereocenters. The molecule has 2 aromatic carbocycles. The Kier molecular flexibility index (Phi) is 5.17. The first-order valence-corrected chi connectivity index (χ1v) is 8.03. The molecular weight excluding hydrogens is 339 g/mol. The van der Waals surface area contributed by atoms with Crippen LogP contribution in [-0.2, 0) is 11.4 Å². The van der Waals surface area contributed by atoms with E-state index in [9.17, 15) is 14.0 Å². The summed E-state index contributed by atoms with van der Waals surface area (Å²) in [5.74, 6) is 0.176. The van der Waals surface area contributed by atoms with Crippen LogP contribution in [0.25, 0.3) is 6.08 Å². The summed E-state index contributed by atoms with van der Waals surface area (Å²) in [6, 6.07) is 10.7. The van der Waals surface area contributed by atoms with E-state index in [1.165, 1.54) is 12.1 Å². The van der Waals surface area contributed by atoms with Gasteiger partial charge in [0.05, 0.1) is 6.61 Å². The predicted molar refractivity (Wildman–Crippen MR) is 93.0 cm³/mol. The summed E-state index contributed by atoms with van der Waals surface area (Å²) in [5, 5.41) is 4.56. The minimum absolute atomic E-state index is 0.158. The Morgan fingerprint density at radius 2 is 1.88 bits per heavy atom. The number of amides is 3. The quantitative estimate of drug-likeness (QED) is 0.616. The molecule has 7 heteroatoms. The largest absolute Gasteiger partial charge is 0.490 e. The van der Waals surface area contributed by atoms with Crippen molar-refractivity contribution in [3.05, 3.63) is 65.1 Å². The highest BCUT2D eigenvalue weighted by Gasteiger charge is 2.22. The van der Waals surface area contributed by atoms with Crippen LogP contribution in [-0.4, -0.2) is 18.5 Å². The van der Waals surface area contributed by atoms with E-state index in [0.717, 1.165) is 0 Å². The number of carbonyl (C=O) groups is 2. The summed E-state index contributed by atoms with van der Waals surface area (Å²) in [6.07, 6.45) is 1.54. The standard InChI is InChI=1S/C19H17FN2O4/c1-2-25-17-10-12(9-15-18(23)22-19(24)21-15)6-7-16(17)26-11-13-4-3-5-14(20)8-13/h3-10H,2,11H2,1H3,(H2,21,22,23,24)/b15-9+. The van der Waals surface area contributed by atoms with Gasteiger partial charge >= 0.3 is 6.03 Å². The van der Waals surface area contributed by atoms with Gasteiger partial charge in [-0.3, -0.25) is 10.1 Å². The molecule has 3 amide bonds. The molecule has 6 nitrogen and oxygen atoms in total. The molecule has 1 fully saturated rings. The Hall–Kier alpha value is -3.35. The van der Waals surface area contributed by atoms with Gasteiger partial charge in [-0.05, 0) is 48.4 Å². The molecule has 0 atom stereocenters. The fourth-order valence-corrected chi connectivity index (χ4v) is 2.44. The molecule has 1 heterocycles. The number of ether oxygens (including phenoxy) is 2. The maximum atomic E-state index is 13.2. The maximum Gasteiger partial charge on any atom is 0.326 e. The topological polar surface area (TPSA) is 76.7 Å². The molecule has 0 aliphatic carbocycles. The highest BCUT2D eigenvalue weighted by atomic mass is 19.1. The van der Waals surface area contributed by atoms with Crippen LogP contribution in [0.2, 0.25) is 0 Å². The van der Waals surface area contributed by atoms with E-state index in [1.54, 1.807) is 36.4 Å². The van der Waals surface area contributed by atoms with E-state index in [4.69, 9.17) is 9.47 Å². The summed E-state index contributed by atoms with van der Waals surface area (Å²) >= 11 is 0. The van der Waals surface area contributed by atoms with Gasteiger partial charge in [-0.25, -0.2) is 9.18 Å². The van der Waals surface area contributed by atoms with Crippen molar-refractivity contribution in [1.82, 2.24) is 10.6 Å². The van der Waals surface area contributed by atoms with Crippen molar-refractivity contribution < 1.29 is 23.5 Å². The lowest BCUT2D eigenvalue weighted by molar-refractivity contribution is -0.115. The van der Waals surface area contributed by atoms with Crippen molar-refractivity contribution in [1.29, 1.82) is 0 Å². The third-order valence-electron chi connectivity index (χ3n) is 3.58. The molecule has 1 aliphatic rings. The monoisotopic (exact) mass is 356 g/mol. The van der Waals surface area contributed by atoms with Crippen LogP contribution in [0.3, 0.4) is 0 Å². The molecule has 1 aliphatic heterocycles. The van der Waals surface area contributed by atoms with Gasteiger partial charge < -0.3 is 14.8 Å². The Labute approximate surface area is 149 Å². The summed E-state index contributed by atoms with van der Waals surface area (Å²) in [4.78, 5) is 22.8. The molecule has 134 valence electrons. The first kappa shape index (κ1) is 17.5. The summed E-state index contributed by atoms with van der Waals surface area (Å²) in [6.45, 7) is 2.45. The molecule has 2 aromatic rings. The maximum absolute atomic E-state index is 13.2. The van der Waals surface area contributed by atoms with E-state index < -0.39 is 11.9 Å². The minimum atomic E-state index is -0.554. The lowest BCUT2D eigenvalue weighted by Crippen LogP contribution is -2.22. The molecule has 0 saturated carbocycles. The van der Waals surface area contributed by atoms with Crippen molar-refractivity contribution >= 4 is 18.0 Å². The Morgan fingerprint density at radius 3 is 2.58 bits per heavy atom. The van der Waals surface area contributed by atoms with Crippen LogP contribution in [0.4, 0.5) is 9.18 Å². The van der Waals surface area contributed by atoms with Crippen molar-refractivity contribution in [3.8, 4) is 11.5 Å². The molecule has 0 bridgehead atoms. The van der Waals surface area contributed by atoms with Crippen LogP contribution < -0.4 is 20.1 Å². The minimum Gasteiger partial charge on any atom is -0.490 e. The molecule has 1 saturated heterocycles. The van der Waals surface area contributed by atoms with Crippen LogP contribution in [0.5, 0.6) is 11.5 Å². The smallest absolute Gasteiger partial charge is 0.326 e. The zero-order chi connectivity index (χ0) is 18.5. The van der Waals surface area contributed by atoms with E-state index in [2.05, 4.69) is 10.6 Å². The number of benzene rings is 2. The average Bonchev–Trinajstić information content (AvgIpc) is 2.92. The number of nitrogens with one attached hydrogen (secondary N) is 2. The van der Waals surface area contributed by atoms with Gasteiger partial charge in [0.1, 0.15) is 18.1 Å². The lowest BCUT2D eigenvalue weighted by Gasteiger charge is -2.13. The number of imide groups is 1. The Balaban J connectivity index is 1.79. The first-order valence-electron chi connectivity index (χ1n) is 8.03. The number of rotatable bonds is 6. The SMILES string of the molecule is CCOc1cc(/C=C2/NC(=O)NC2=O)ccc1OCc1cccc(F)c1. The highest BCUT2D eigenvalue weighted by molar-refractivity contribution is 6.14. The van der Waals surface area contributed by atoms with E-state index in [1.807, 2.05) is 6.92 Å². The van der Waals surface area contributed by atoms with Gasteiger partial charge in [0.25, 0.3) is 5.91 Å². The molecule has 2 N–H and O–H groups in total. The number of halogens is 1. The van der Waals surface area contributed by atoms with Crippen LogP contribution in [0.15, 0.2) is 48.2 Å². The molecular formula is C19H17FN2O4. The van der Waals surface area contributed by atoms with Crippen molar-refractivity contribution in [3.63, 3.8) is 0 Å². The second-order valence-corrected chi connectivity index (χ2v) is 5.52. The summed E-state index contributed by atoms with van der Waals surface area (Å²) in [7, 11) is 0. The van der Waals surface area contributed by atoms with Crippen molar-refractivity contribution in [2.45, 2.75) is 13.5 Å². The Bertz CT molecular complexity index is 880. The van der Waals surface area contributed by atoms with Gasteiger partial charge in [-0.2, -0.15) is 0 Å². The van der Waals surface area contributed by atoms with Gasteiger partial charge in [0, 0.05) is 0 Å². The predicted octanol–water partition coefficient (Wildman–Crippen LogP) is 2.98. The van der Waals surface area contributed by atoms with E-state index in [-0.39, 0.29) is 18.1 Å². The third kappa shape index (κ3) is 4.18. The molecule has 3 rings (SSSR count). The van der Waals surface area contributed by atoms with Crippen molar-refractivity contribution in [2.75, 3.05) is 6.61 Å². The molecule has 0 aromatic heterocycles. The molecule has 0 spiro atoms. The second-order valence-electron chi connectivity index (χ2n) is 5.52.